The smallest absolute Gasteiger partial charge is 0.224 e. The van der Waals surface area contributed by atoms with Crippen molar-refractivity contribution >= 4 is 11.8 Å². The molecule has 0 aromatic carbocycles. The van der Waals surface area contributed by atoms with Crippen LogP contribution in [0.2, 0.25) is 0 Å². The van der Waals surface area contributed by atoms with Gasteiger partial charge in [-0.3, -0.25) is 0 Å². The third kappa shape index (κ3) is 3.08. The van der Waals surface area contributed by atoms with E-state index in [0.29, 0.717) is 12.0 Å². The lowest BCUT2D eigenvalue weighted by molar-refractivity contribution is 0.358. The summed E-state index contributed by atoms with van der Waals surface area (Å²) in [6.07, 6.45) is 1.83. The van der Waals surface area contributed by atoms with Gasteiger partial charge in [-0.05, 0) is 19.3 Å². The molecule has 1 heterocycles. The largest absolute Gasteiger partial charge is 0.367 e. The minimum absolute atomic E-state index is 0.206. The fourth-order valence-electron chi connectivity index (χ4n) is 1.13. The van der Waals surface area contributed by atoms with Crippen LogP contribution in [-0.2, 0) is 0 Å². The Labute approximate surface area is 97.9 Å². The van der Waals surface area contributed by atoms with E-state index in [0.717, 1.165) is 11.4 Å². The molecule has 1 rings (SSSR count). The number of rotatable bonds is 3. The average Bonchev–Trinajstić information content (AvgIpc) is 2.19. The summed E-state index contributed by atoms with van der Waals surface area (Å²) >= 11 is 0. The van der Waals surface area contributed by atoms with E-state index in [1.807, 2.05) is 20.2 Å². The van der Waals surface area contributed by atoms with Crippen LogP contribution in [0.1, 0.15) is 33.3 Å². The van der Waals surface area contributed by atoms with E-state index in [1.54, 1.807) is 0 Å². The van der Waals surface area contributed by atoms with Crippen molar-refractivity contribution in [3.8, 4) is 0 Å². The normalized spacial score (nSPS) is 13.4. The summed E-state index contributed by atoms with van der Waals surface area (Å²) in [5.41, 5.74) is 1.27. The van der Waals surface area contributed by atoms with Gasteiger partial charge in [0, 0.05) is 24.8 Å². The van der Waals surface area contributed by atoms with Crippen LogP contribution in [0.4, 0.5) is 11.8 Å². The lowest BCUT2D eigenvalue weighted by atomic mass is 9.88. The van der Waals surface area contributed by atoms with E-state index in [1.165, 1.54) is 0 Å². The number of hydrogen-bond donors (Lipinski definition) is 2. The molecule has 4 nitrogen and oxygen atoms in total. The lowest BCUT2D eigenvalue weighted by Gasteiger charge is -2.29. The van der Waals surface area contributed by atoms with Crippen LogP contribution in [0, 0.1) is 12.3 Å². The van der Waals surface area contributed by atoms with Crippen molar-refractivity contribution in [2.45, 2.75) is 40.7 Å². The van der Waals surface area contributed by atoms with Crippen molar-refractivity contribution in [1.29, 1.82) is 0 Å². The lowest BCUT2D eigenvalue weighted by Crippen LogP contribution is -2.31. The van der Waals surface area contributed by atoms with E-state index in [-0.39, 0.29) is 5.41 Å². The standard InChI is InChI=1S/C12H22N4/c1-8-7-14-11(13-6)16-10(8)15-9(2)12(3,4)5/h7,9H,1-6H3,(H2,13,14,15,16). The fourth-order valence-corrected chi connectivity index (χ4v) is 1.13. The van der Waals surface area contributed by atoms with Gasteiger partial charge in [-0.15, -0.1) is 0 Å². The molecule has 90 valence electrons. The molecule has 0 aliphatic carbocycles. The Morgan fingerprint density at radius 3 is 2.44 bits per heavy atom. The van der Waals surface area contributed by atoms with E-state index < -0.39 is 0 Å². The van der Waals surface area contributed by atoms with Crippen molar-refractivity contribution in [3.05, 3.63) is 11.8 Å². The van der Waals surface area contributed by atoms with Gasteiger partial charge in [0.15, 0.2) is 0 Å². The van der Waals surface area contributed by atoms with Crippen LogP contribution in [0.15, 0.2) is 6.20 Å². The number of anilines is 2. The van der Waals surface area contributed by atoms with Crippen LogP contribution >= 0.6 is 0 Å². The van der Waals surface area contributed by atoms with Crippen molar-refractivity contribution < 1.29 is 0 Å². The van der Waals surface area contributed by atoms with Crippen molar-refractivity contribution in [1.82, 2.24) is 9.97 Å². The van der Waals surface area contributed by atoms with Crippen LogP contribution in [0.5, 0.6) is 0 Å². The third-order valence-electron chi connectivity index (χ3n) is 2.85. The van der Waals surface area contributed by atoms with Crippen LogP contribution in [0.25, 0.3) is 0 Å². The highest BCUT2D eigenvalue weighted by Crippen LogP contribution is 2.23. The van der Waals surface area contributed by atoms with E-state index in [2.05, 4.69) is 48.3 Å². The Balaban J connectivity index is 2.88. The number of hydrogen-bond acceptors (Lipinski definition) is 4. The molecule has 2 N–H and O–H groups in total. The molecule has 0 amide bonds. The summed E-state index contributed by atoms with van der Waals surface area (Å²) in [5, 5.41) is 6.38. The fraction of sp³-hybridized carbons (Fsp3) is 0.667. The van der Waals surface area contributed by atoms with Crippen molar-refractivity contribution in [3.63, 3.8) is 0 Å². The van der Waals surface area contributed by atoms with Gasteiger partial charge >= 0.3 is 0 Å². The van der Waals surface area contributed by atoms with Gasteiger partial charge in [0.2, 0.25) is 5.95 Å². The second-order valence-electron chi connectivity index (χ2n) is 5.21. The molecule has 0 saturated carbocycles. The highest BCUT2D eigenvalue weighted by atomic mass is 15.1. The van der Waals surface area contributed by atoms with Gasteiger partial charge in [-0.1, -0.05) is 20.8 Å². The summed E-state index contributed by atoms with van der Waals surface area (Å²) in [4.78, 5) is 8.58. The zero-order chi connectivity index (χ0) is 12.3. The van der Waals surface area contributed by atoms with Gasteiger partial charge < -0.3 is 10.6 Å². The summed E-state index contributed by atoms with van der Waals surface area (Å²) < 4.78 is 0. The number of nitrogens with zero attached hydrogens (tertiary/aromatic N) is 2. The maximum atomic E-state index is 4.41. The Bertz CT molecular complexity index is 355. The Kier molecular flexibility index (Phi) is 3.73. The second kappa shape index (κ2) is 4.68. The Morgan fingerprint density at radius 1 is 1.31 bits per heavy atom. The summed E-state index contributed by atoms with van der Waals surface area (Å²) in [5.74, 6) is 1.55. The minimum Gasteiger partial charge on any atom is -0.367 e. The van der Waals surface area contributed by atoms with Crippen molar-refractivity contribution in [2.24, 2.45) is 5.41 Å². The first-order valence-electron chi connectivity index (χ1n) is 5.62. The molecule has 1 atom stereocenters. The molecule has 0 aliphatic heterocycles. The molecule has 16 heavy (non-hydrogen) atoms. The predicted octanol–water partition coefficient (Wildman–Crippen LogP) is 2.67. The van der Waals surface area contributed by atoms with E-state index >= 15 is 0 Å². The molecule has 4 heteroatoms. The zero-order valence-electron chi connectivity index (χ0n) is 11.0. The minimum atomic E-state index is 0.206. The molecule has 0 saturated heterocycles. The molecule has 0 radical (unpaired) electrons. The highest BCUT2D eigenvalue weighted by molar-refractivity contribution is 5.47. The summed E-state index contributed by atoms with van der Waals surface area (Å²) in [7, 11) is 1.82. The molecule has 0 spiro atoms. The SMILES string of the molecule is CNc1ncc(C)c(NC(C)C(C)(C)C)n1. The molecule has 1 aromatic heterocycles. The topological polar surface area (TPSA) is 49.8 Å². The molecular formula is C12H22N4. The van der Waals surface area contributed by atoms with Gasteiger partial charge in [0.25, 0.3) is 0 Å². The molecule has 0 aliphatic rings. The number of aromatic nitrogens is 2. The molecule has 1 unspecified atom stereocenters. The second-order valence-corrected chi connectivity index (χ2v) is 5.21. The number of aryl methyl sites for hydroxylation is 1. The third-order valence-corrected chi connectivity index (χ3v) is 2.85. The first-order chi connectivity index (χ1) is 7.34. The Hall–Kier alpha value is -1.32. The quantitative estimate of drug-likeness (QED) is 0.825. The first kappa shape index (κ1) is 12.7. The zero-order valence-corrected chi connectivity index (χ0v) is 11.0. The monoisotopic (exact) mass is 222 g/mol. The van der Waals surface area contributed by atoms with Crippen LogP contribution in [-0.4, -0.2) is 23.1 Å². The van der Waals surface area contributed by atoms with Crippen LogP contribution < -0.4 is 10.6 Å². The summed E-state index contributed by atoms with van der Waals surface area (Å²) in [6.45, 7) is 10.8. The van der Waals surface area contributed by atoms with Gasteiger partial charge in [0.05, 0.1) is 0 Å². The maximum Gasteiger partial charge on any atom is 0.224 e. The molecule has 0 fully saturated rings. The van der Waals surface area contributed by atoms with Crippen LogP contribution in [0.3, 0.4) is 0 Å². The molecule has 0 bridgehead atoms. The van der Waals surface area contributed by atoms with Gasteiger partial charge in [0.1, 0.15) is 5.82 Å². The Morgan fingerprint density at radius 2 is 1.94 bits per heavy atom. The van der Waals surface area contributed by atoms with E-state index in [9.17, 15) is 0 Å². The summed E-state index contributed by atoms with van der Waals surface area (Å²) in [6, 6.07) is 0.353. The van der Waals surface area contributed by atoms with Crippen molar-refractivity contribution in [2.75, 3.05) is 17.7 Å². The highest BCUT2D eigenvalue weighted by Gasteiger charge is 2.20. The average molecular weight is 222 g/mol. The first-order valence-corrected chi connectivity index (χ1v) is 5.62. The van der Waals surface area contributed by atoms with E-state index in [4.69, 9.17) is 0 Å². The van der Waals surface area contributed by atoms with Gasteiger partial charge in [-0.2, -0.15) is 4.98 Å². The number of nitrogens with one attached hydrogen (secondary N) is 2. The van der Waals surface area contributed by atoms with Gasteiger partial charge in [-0.25, -0.2) is 4.98 Å². The maximum absolute atomic E-state index is 4.41. The predicted molar refractivity (Wildman–Crippen MR) is 68.9 cm³/mol. The molecule has 1 aromatic rings. The molecular weight excluding hydrogens is 200 g/mol.